The van der Waals surface area contributed by atoms with Crippen LogP contribution in [0.5, 0.6) is 0 Å². The summed E-state index contributed by atoms with van der Waals surface area (Å²) in [6.07, 6.45) is 0.788. The molecule has 0 aliphatic carbocycles. The zero-order valence-electron chi connectivity index (χ0n) is 19.2. The van der Waals surface area contributed by atoms with Crippen LogP contribution in [0.3, 0.4) is 0 Å². The largest absolute Gasteiger partial charge is 0.465 e. The number of primary amides is 1. The third-order valence-electron chi connectivity index (χ3n) is 6.00. The monoisotopic (exact) mass is 454 g/mol. The van der Waals surface area contributed by atoms with Gasteiger partial charge in [-0.1, -0.05) is 55.5 Å². The van der Waals surface area contributed by atoms with E-state index >= 15 is 0 Å². The summed E-state index contributed by atoms with van der Waals surface area (Å²) in [5, 5.41) is 0.813. The lowest BCUT2D eigenvalue weighted by atomic mass is 9.96. The van der Waals surface area contributed by atoms with E-state index in [0.717, 1.165) is 27.7 Å². The average molecular weight is 455 g/mol. The molecule has 0 aliphatic rings. The minimum absolute atomic E-state index is 0.0812. The first kappa shape index (κ1) is 23.0. The molecule has 0 atom stereocenters. The minimum Gasteiger partial charge on any atom is -0.465 e. The van der Waals surface area contributed by atoms with Gasteiger partial charge in [-0.25, -0.2) is 4.79 Å². The van der Waals surface area contributed by atoms with E-state index in [9.17, 15) is 14.4 Å². The number of hydrogen-bond donors (Lipinski definition) is 1. The second-order valence-electron chi connectivity index (χ2n) is 8.09. The summed E-state index contributed by atoms with van der Waals surface area (Å²) in [6.45, 7) is 2.68. The number of ketones is 1. The van der Waals surface area contributed by atoms with Crippen LogP contribution in [0.15, 0.2) is 72.8 Å². The molecule has 6 heteroatoms. The second kappa shape index (κ2) is 9.75. The number of ether oxygens (including phenoxy) is 1. The molecule has 0 aliphatic heterocycles. The highest BCUT2D eigenvalue weighted by Gasteiger charge is 2.22. The number of carbonyl (C=O) groups excluding carboxylic acids is 3. The molecule has 1 aromatic heterocycles. The summed E-state index contributed by atoms with van der Waals surface area (Å²) in [6, 6.07) is 22.1. The SMILES string of the molecule is CCc1c(CC(N)=O)c2cc(C(=O)c3ccccc3C(=O)OC)ccc2n1Cc1ccccc1. The maximum absolute atomic E-state index is 13.4. The lowest BCUT2D eigenvalue weighted by molar-refractivity contribution is -0.117. The molecule has 1 heterocycles. The highest BCUT2D eigenvalue weighted by atomic mass is 16.5. The lowest BCUT2D eigenvalue weighted by Gasteiger charge is -2.11. The lowest BCUT2D eigenvalue weighted by Crippen LogP contribution is -2.15. The van der Waals surface area contributed by atoms with Crippen LogP contribution in [-0.2, 0) is 28.9 Å². The topological polar surface area (TPSA) is 91.4 Å². The van der Waals surface area contributed by atoms with Crippen molar-refractivity contribution in [1.82, 2.24) is 4.57 Å². The average Bonchev–Trinajstić information content (AvgIpc) is 3.14. The third kappa shape index (κ3) is 4.35. The van der Waals surface area contributed by atoms with E-state index in [1.54, 1.807) is 36.4 Å². The molecule has 4 aromatic rings. The fourth-order valence-electron chi connectivity index (χ4n) is 4.47. The fourth-order valence-corrected chi connectivity index (χ4v) is 4.47. The molecule has 3 aromatic carbocycles. The number of carbonyl (C=O) groups is 3. The van der Waals surface area contributed by atoms with Gasteiger partial charge in [0.2, 0.25) is 5.91 Å². The maximum Gasteiger partial charge on any atom is 0.338 e. The van der Waals surface area contributed by atoms with Gasteiger partial charge >= 0.3 is 5.97 Å². The van der Waals surface area contributed by atoms with Crippen molar-refractivity contribution in [2.24, 2.45) is 5.73 Å². The molecule has 0 bridgehead atoms. The summed E-state index contributed by atoms with van der Waals surface area (Å²) < 4.78 is 7.02. The van der Waals surface area contributed by atoms with Crippen molar-refractivity contribution in [3.63, 3.8) is 0 Å². The summed E-state index contributed by atoms with van der Waals surface area (Å²) >= 11 is 0. The van der Waals surface area contributed by atoms with Gasteiger partial charge in [0, 0.05) is 34.3 Å². The van der Waals surface area contributed by atoms with Crippen LogP contribution in [0.25, 0.3) is 10.9 Å². The van der Waals surface area contributed by atoms with Crippen molar-refractivity contribution in [1.29, 1.82) is 0 Å². The van der Waals surface area contributed by atoms with E-state index in [1.807, 2.05) is 31.2 Å². The molecule has 0 radical (unpaired) electrons. The number of fused-ring (bicyclic) bond motifs is 1. The Hall–Kier alpha value is -4.19. The number of amides is 1. The van der Waals surface area contributed by atoms with Crippen LogP contribution < -0.4 is 5.73 Å². The summed E-state index contributed by atoms with van der Waals surface area (Å²) in [7, 11) is 1.29. The highest BCUT2D eigenvalue weighted by molar-refractivity contribution is 6.15. The maximum atomic E-state index is 13.4. The predicted octanol–water partition coefficient (Wildman–Crippen LogP) is 4.30. The van der Waals surface area contributed by atoms with Crippen molar-refractivity contribution in [2.75, 3.05) is 7.11 Å². The Labute approximate surface area is 198 Å². The van der Waals surface area contributed by atoms with Gasteiger partial charge < -0.3 is 15.0 Å². The van der Waals surface area contributed by atoms with Crippen molar-refractivity contribution in [3.05, 3.63) is 106 Å². The van der Waals surface area contributed by atoms with Crippen molar-refractivity contribution in [3.8, 4) is 0 Å². The van der Waals surface area contributed by atoms with Crippen molar-refractivity contribution >= 4 is 28.6 Å². The molecular formula is C28H26N2O4. The van der Waals surface area contributed by atoms with E-state index < -0.39 is 11.9 Å². The van der Waals surface area contributed by atoms with Crippen LogP contribution in [-0.4, -0.2) is 29.3 Å². The van der Waals surface area contributed by atoms with Gasteiger partial charge in [0.1, 0.15) is 0 Å². The van der Waals surface area contributed by atoms with Gasteiger partial charge in [-0.15, -0.1) is 0 Å². The Balaban J connectivity index is 1.87. The molecule has 0 fully saturated rings. The zero-order valence-corrected chi connectivity index (χ0v) is 19.2. The van der Waals surface area contributed by atoms with Crippen LogP contribution in [0.2, 0.25) is 0 Å². The van der Waals surface area contributed by atoms with E-state index in [1.165, 1.54) is 7.11 Å². The predicted molar refractivity (Wildman–Crippen MR) is 131 cm³/mol. The number of esters is 1. The van der Waals surface area contributed by atoms with Crippen molar-refractivity contribution in [2.45, 2.75) is 26.3 Å². The summed E-state index contributed by atoms with van der Waals surface area (Å²) in [5.74, 6) is -1.29. The van der Waals surface area contributed by atoms with Gasteiger partial charge in [-0.2, -0.15) is 0 Å². The molecule has 172 valence electrons. The Kier molecular flexibility index (Phi) is 6.59. The first-order valence-corrected chi connectivity index (χ1v) is 11.1. The van der Waals surface area contributed by atoms with Gasteiger partial charge in [-0.05, 0) is 41.8 Å². The number of nitrogens with zero attached hydrogens (tertiary/aromatic N) is 1. The van der Waals surface area contributed by atoms with Crippen molar-refractivity contribution < 1.29 is 19.1 Å². The standard InChI is InChI=1S/C28H26N2O4/c1-3-24-23(16-26(29)31)22-15-19(27(32)20-11-7-8-12-21(20)28(33)34-2)13-14-25(22)30(24)17-18-9-5-4-6-10-18/h4-15H,3,16-17H2,1-2H3,(H2,29,31). The van der Waals surface area contributed by atoms with Gasteiger partial charge in [-0.3, -0.25) is 9.59 Å². The first-order valence-electron chi connectivity index (χ1n) is 11.1. The molecule has 0 saturated heterocycles. The smallest absolute Gasteiger partial charge is 0.338 e. The minimum atomic E-state index is -0.568. The molecule has 1 amide bonds. The summed E-state index contributed by atoms with van der Waals surface area (Å²) in [5.41, 5.74) is 10.4. The highest BCUT2D eigenvalue weighted by Crippen LogP contribution is 2.30. The molecule has 0 spiro atoms. The summed E-state index contributed by atoms with van der Waals surface area (Å²) in [4.78, 5) is 37.5. The van der Waals surface area contributed by atoms with Gasteiger partial charge in [0.15, 0.2) is 5.78 Å². The van der Waals surface area contributed by atoms with Crippen LogP contribution in [0, 0.1) is 0 Å². The molecular weight excluding hydrogens is 428 g/mol. The van der Waals surface area contributed by atoms with Crippen LogP contribution in [0.4, 0.5) is 0 Å². The number of hydrogen-bond acceptors (Lipinski definition) is 4. The molecule has 6 nitrogen and oxygen atoms in total. The Bertz CT molecular complexity index is 1390. The van der Waals surface area contributed by atoms with Crippen LogP contribution >= 0.6 is 0 Å². The van der Waals surface area contributed by atoms with Gasteiger partial charge in [0.25, 0.3) is 0 Å². The first-order chi connectivity index (χ1) is 16.4. The fraction of sp³-hybridized carbons (Fsp3) is 0.179. The quantitative estimate of drug-likeness (QED) is 0.317. The zero-order chi connectivity index (χ0) is 24.2. The van der Waals surface area contributed by atoms with E-state index in [2.05, 4.69) is 16.7 Å². The third-order valence-corrected chi connectivity index (χ3v) is 6.00. The number of nitrogens with two attached hydrogens (primary N) is 1. The normalized spacial score (nSPS) is 10.9. The Morgan fingerprint density at radius 2 is 1.59 bits per heavy atom. The van der Waals surface area contributed by atoms with Gasteiger partial charge in [0.05, 0.1) is 19.1 Å². The molecule has 34 heavy (non-hydrogen) atoms. The van der Waals surface area contributed by atoms with E-state index in [-0.39, 0.29) is 23.3 Å². The van der Waals surface area contributed by atoms with E-state index in [0.29, 0.717) is 18.5 Å². The van der Waals surface area contributed by atoms with E-state index in [4.69, 9.17) is 10.5 Å². The Morgan fingerprint density at radius 3 is 2.24 bits per heavy atom. The second-order valence-corrected chi connectivity index (χ2v) is 8.09. The number of rotatable bonds is 8. The molecule has 0 saturated carbocycles. The molecule has 0 unspecified atom stereocenters. The molecule has 2 N–H and O–H groups in total. The number of benzene rings is 3. The molecule has 4 rings (SSSR count). The Morgan fingerprint density at radius 1 is 0.912 bits per heavy atom. The number of methoxy groups -OCH3 is 1. The van der Waals surface area contributed by atoms with Crippen LogP contribution in [0.1, 0.15) is 50.0 Å². The number of aromatic nitrogens is 1.